The molecule has 0 saturated carbocycles. The van der Waals surface area contributed by atoms with Gasteiger partial charge in [-0.3, -0.25) is 9.36 Å². The van der Waals surface area contributed by atoms with Gasteiger partial charge >= 0.3 is 5.97 Å². The quantitative estimate of drug-likeness (QED) is 0.643. The number of aromatic nitrogens is 3. The van der Waals surface area contributed by atoms with E-state index in [9.17, 15) is 4.79 Å². The summed E-state index contributed by atoms with van der Waals surface area (Å²) < 4.78 is 8.89. The van der Waals surface area contributed by atoms with E-state index >= 15 is 0 Å². The number of carboxylic acids is 1. The highest BCUT2D eigenvalue weighted by Gasteiger charge is 2.18. The lowest BCUT2D eigenvalue weighted by atomic mass is 10.4. The number of rotatable bonds is 7. The SMILES string of the molecule is COCCn1c(SCC(=O)O)nnc1-c1cc(Br)c(Br)s1. The molecule has 2 aromatic rings. The van der Waals surface area contributed by atoms with Crippen LogP contribution in [0.1, 0.15) is 0 Å². The van der Waals surface area contributed by atoms with Crippen LogP contribution in [0.3, 0.4) is 0 Å². The number of hydrogen-bond acceptors (Lipinski definition) is 6. The Morgan fingerprint density at radius 3 is 2.86 bits per heavy atom. The van der Waals surface area contributed by atoms with E-state index in [4.69, 9.17) is 9.84 Å². The first-order valence-corrected chi connectivity index (χ1v) is 9.13. The highest BCUT2D eigenvalue weighted by atomic mass is 79.9. The van der Waals surface area contributed by atoms with E-state index in [2.05, 4.69) is 42.1 Å². The van der Waals surface area contributed by atoms with Gasteiger partial charge in [-0.25, -0.2) is 0 Å². The number of thioether (sulfide) groups is 1. The normalized spacial score (nSPS) is 11.0. The van der Waals surface area contributed by atoms with Crippen molar-refractivity contribution in [2.75, 3.05) is 19.5 Å². The zero-order valence-electron chi connectivity index (χ0n) is 10.9. The first-order valence-electron chi connectivity index (χ1n) is 5.75. The van der Waals surface area contributed by atoms with E-state index in [-0.39, 0.29) is 5.75 Å². The summed E-state index contributed by atoms with van der Waals surface area (Å²) in [6.45, 7) is 1.06. The number of nitrogens with zero attached hydrogens (tertiary/aromatic N) is 3. The molecule has 0 atom stereocenters. The van der Waals surface area contributed by atoms with Gasteiger partial charge in [0.1, 0.15) is 0 Å². The number of thiophene rings is 1. The highest BCUT2D eigenvalue weighted by Crippen LogP contribution is 2.38. The van der Waals surface area contributed by atoms with Crippen molar-refractivity contribution in [2.24, 2.45) is 0 Å². The first-order chi connectivity index (χ1) is 10.0. The third-order valence-corrected chi connectivity index (χ3v) is 6.63. The second-order valence-electron chi connectivity index (χ2n) is 3.87. The van der Waals surface area contributed by atoms with E-state index in [0.717, 1.165) is 24.9 Å². The van der Waals surface area contributed by atoms with Crippen molar-refractivity contribution in [3.8, 4) is 10.7 Å². The number of ether oxygens (including phenoxy) is 1. The standard InChI is InChI=1S/C11H11Br2N3O3S2/c1-19-3-2-16-10(7-4-6(12)9(13)21-7)14-15-11(16)20-5-8(17)18/h4H,2-3,5H2,1H3,(H,17,18). The summed E-state index contributed by atoms with van der Waals surface area (Å²) in [4.78, 5) is 11.7. The number of carbonyl (C=O) groups is 1. The largest absolute Gasteiger partial charge is 0.481 e. The Labute approximate surface area is 146 Å². The smallest absolute Gasteiger partial charge is 0.313 e. The Morgan fingerprint density at radius 1 is 1.52 bits per heavy atom. The molecule has 1 N–H and O–H groups in total. The minimum atomic E-state index is -0.885. The van der Waals surface area contributed by atoms with Crippen LogP contribution in [0.25, 0.3) is 10.7 Å². The molecule has 0 aliphatic heterocycles. The molecule has 0 aromatic carbocycles. The van der Waals surface area contributed by atoms with E-state index < -0.39 is 5.97 Å². The number of methoxy groups -OCH3 is 1. The van der Waals surface area contributed by atoms with Crippen molar-refractivity contribution in [2.45, 2.75) is 11.7 Å². The predicted octanol–water partition coefficient (Wildman–Crippen LogP) is 3.35. The predicted molar refractivity (Wildman–Crippen MR) is 89.0 cm³/mol. The van der Waals surface area contributed by atoms with Gasteiger partial charge in [0.15, 0.2) is 11.0 Å². The van der Waals surface area contributed by atoms with Crippen LogP contribution in [0.2, 0.25) is 0 Å². The zero-order valence-corrected chi connectivity index (χ0v) is 15.7. The van der Waals surface area contributed by atoms with Crippen LogP contribution in [-0.4, -0.2) is 45.3 Å². The van der Waals surface area contributed by atoms with Gasteiger partial charge in [-0.05, 0) is 37.9 Å². The van der Waals surface area contributed by atoms with Crippen LogP contribution in [0, 0.1) is 0 Å². The molecule has 2 aromatic heterocycles. The average Bonchev–Trinajstić information content (AvgIpc) is 2.98. The summed E-state index contributed by atoms with van der Waals surface area (Å²) in [5.41, 5.74) is 0. The van der Waals surface area contributed by atoms with Gasteiger partial charge in [0.2, 0.25) is 0 Å². The molecule has 6 nitrogen and oxygen atoms in total. The molecular weight excluding hydrogens is 446 g/mol. The van der Waals surface area contributed by atoms with Crippen LogP contribution in [-0.2, 0) is 16.1 Å². The Bertz CT molecular complexity index is 625. The zero-order chi connectivity index (χ0) is 15.4. The summed E-state index contributed by atoms with van der Waals surface area (Å²) in [6.07, 6.45) is 0. The minimum Gasteiger partial charge on any atom is -0.481 e. The molecule has 0 unspecified atom stereocenters. The molecule has 10 heteroatoms. The summed E-state index contributed by atoms with van der Waals surface area (Å²) in [6, 6.07) is 1.95. The lowest BCUT2D eigenvalue weighted by molar-refractivity contribution is -0.133. The average molecular weight is 457 g/mol. The number of halogens is 2. The van der Waals surface area contributed by atoms with Gasteiger partial charge in [-0.2, -0.15) is 0 Å². The third kappa shape index (κ3) is 4.28. The Hall–Kier alpha value is -0.420. The molecule has 0 spiro atoms. The highest BCUT2D eigenvalue weighted by molar-refractivity contribution is 9.13. The van der Waals surface area contributed by atoms with Crippen LogP contribution in [0.15, 0.2) is 19.5 Å². The Kier molecular flexibility index (Phi) is 6.23. The summed E-state index contributed by atoms with van der Waals surface area (Å²) in [7, 11) is 1.62. The fraction of sp³-hybridized carbons (Fsp3) is 0.364. The summed E-state index contributed by atoms with van der Waals surface area (Å²) >= 11 is 9.58. The molecule has 114 valence electrons. The molecule has 2 rings (SSSR count). The van der Waals surface area contributed by atoms with E-state index in [1.54, 1.807) is 7.11 Å². The van der Waals surface area contributed by atoms with Crippen LogP contribution >= 0.6 is 55.0 Å². The van der Waals surface area contributed by atoms with Gasteiger partial charge in [0.25, 0.3) is 0 Å². The van der Waals surface area contributed by atoms with Crippen molar-refractivity contribution >= 4 is 60.9 Å². The van der Waals surface area contributed by atoms with Crippen molar-refractivity contribution < 1.29 is 14.6 Å². The van der Waals surface area contributed by atoms with Gasteiger partial charge in [-0.15, -0.1) is 21.5 Å². The summed E-state index contributed by atoms with van der Waals surface area (Å²) in [5.74, 6) is -0.232. The molecule has 0 bridgehead atoms. The first kappa shape index (κ1) is 16.9. The van der Waals surface area contributed by atoms with Crippen LogP contribution in [0.5, 0.6) is 0 Å². The fourth-order valence-electron chi connectivity index (χ4n) is 1.54. The van der Waals surface area contributed by atoms with Gasteiger partial charge in [0, 0.05) is 11.6 Å². The van der Waals surface area contributed by atoms with E-state index in [1.807, 2.05) is 10.6 Å². The van der Waals surface area contributed by atoms with Gasteiger partial charge in [0.05, 0.1) is 27.6 Å². The van der Waals surface area contributed by atoms with Crippen molar-refractivity contribution in [1.29, 1.82) is 0 Å². The molecule has 21 heavy (non-hydrogen) atoms. The molecule has 0 amide bonds. The van der Waals surface area contributed by atoms with Gasteiger partial charge < -0.3 is 9.84 Å². The molecule has 0 fully saturated rings. The summed E-state index contributed by atoms with van der Waals surface area (Å²) in [5, 5.41) is 17.6. The topological polar surface area (TPSA) is 77.2 Å². The van der Waals surface area contributed by atoms with Crippen LogP contribution < -0.4 is 0 Å². The number of aliphatic carboxylic acids is 1. The monoisotopic (exact) mass is 455 g/mol. The minimum absolute atomic E-state index is 0.0526. The third-order valence-electron chi connectivity index (χ3n) is 2.43. The van der Waals surface area contributed by atoms with E-state index in [0.29, 0.717) is 24.1 Å². The van der Waals surface area contributed by atoms with Crippen molar-refractivity contribution in [1.82, 2.24) is 14.8 Å². The molecule has 2 heterocycles. The second-order valence-corrected chi connectivity index (χ2v) is 8.03. The maximum Gasteiger partial charge on any atom is 0.313 e. The number of carboxylic acid groups (broad SMARTS) is 1. The fourth-order valence-corrected chi connectivity index (χ4v) is 4.26. The van der Waals surface area contributed by atoms with Crippen molar-refractivity contribution in [3.63, 3.8) is 0 Å². The van der Waals surface area contributed by atoms with Crippen LogP contribution in [0.4, 0.5) is 0 Å². The second kappa shape index (κ2) is 7.73. The van der Waals surface area contributed by atoms with E-state index in [1.165, 1.54) is 11.3 Å². The number of hydrogen-bond donors (Lipinski definition) is 1. The Morgan fingerprint density at radius 2 is 2.29 bits per heavy atom. The molecule has 0 saturated heterocycles. The maximum absolute atomic E-state index is 10.7. The van der Waals surface area contributed by atoms with Gasteiger partial charge in [-0.1, -0.05) is 11.8 Å². The Balaban J connectivity index is 2.33. The maximum atomic E-state index is 10.7. The molecular formula is C11H11Br2N3O3S2. The molecule has 0 aliphatic carbocycles. The molecule has 0 radical (unpaired) electrons. The lowest BCUT2D eigenvalue weighted by Crippen LogP contribution is -2.08. The lowest BCUT2D eigenvalue weighted by Gasteiger charge is -2.07. The molecule has 0 aliphatic rings. The van der Waals surface area contributed by atoms with Crippen molar-refractivity contribution in [3.05, 3.63) is 14.3 Å².